The summed E-state index contributed by atoms with van der Waals surface area (Å²) >= 11 is 0. The SMILES string of the molecule is COc1cc(C(Nc2ccc3cc[nH]c(=O)c3c2)C(=O)N(C)Cc2cc([N+](=O)[O-])ccc2OC(F)(F)F)ccc1[C@@H](C)CCC(=O)OCc1ccccc1. The molecule has 5 aromatic rings. The number of hydrogen-bond donors (Lipinski definition) is 2. The Bertz CT molecular complexity index is 2190. The number of benzene rings is 4. The van der Waals surface area contributed by atoms with E-state index in [0.29, 0.717) is 34.2 Å². The first-order valence-corrected chi connectivity index (χ1v) is 16.8. The molecule has 1 heterocycles. The molecule has 15 heteroatoms. The van der Waals surface area contributed by atoms with Crippen LogP contribution in [0.4, 0.5) is 24.5 Å². The van der Waals surface area contributed by atoms with Crippen LogP contribution in [0.2, 0.25) is 0 Å². The lowest BCUT2D eigenvalue weighted by Crippen LogP contribution is -2.35. The van der Waals surface area contributed by atoms with Crippen LogP contribution < -0.4 is 20.3 Å². The number of nitro groups is 1. The van der Waals surface area contributed by atoms with Crippen molar-refractivity contribution in [2.24, 2.45) is 0 Å². The van der Waals surface area contributed by atoms with Crippen LogP contribution in [0, 0.1) is 10.1 Å². The van der Waals surface area contributed by atoms with Crippen LogP contribution >= 0.6 is 0 Å². The molecule has 2 atom stereocenters. The summed E-state index contributed by atoms with van der Waals surface area (Å²) in [5, 5.41) is 15.6. The molecule has 1 unspecified atom stereocenters. The number of aromatic nitrogens is 1. The van der Waals surface area contributed by atoms with Gasteiger partial charge < -0.3 is 29.4 Å². The zero-order valence-electron chi connectivity index (χ0n) is 29.5. The average Bonchev–Trinajstić information content (AvgIpc) is 3.15. The lowest BCUT2D eigenvalue weighted by atomic mass is 9.92. The predicted molar refractivity (Wildman–Crippen MR) is 194 cm³/mol. The summed E-state index contributed by atoms with van der Waals surface area (Å²) in [5.74, 6) is -1.45. The molecule has 0 aliphatic heterocycles. The number of non-ortho nitro benzene ring substituents is 1. The second kappa shape index (κ2) is 17.0. The normalized spacial score (nSPS) is 12.4. The van der Waals surface area contributed by atoms with Crippen molar-refractivity contribution in [3.05, 3.63) is 140 Å². The number of methoxy groups -OCH3 is 1. The summed E-state index contributed by atoms with van der Waals surface area (Å²) in [6, 6.07) is 22.5. The Morgan fingerprint density at radius 2 is 1.74 bits per heavy atom. The highest BCUT2D eigenvalue weighted by molar-refractivity contribution is 5.89. The van der Waals surface area contributed by atoms with Gasteiger partial charge in [0.25, 0.3) is 11.2 Å². The Morgan fingerprint density at radius 3 is 2.44 bits per heavy atom. The molecule has 54 heavy (non-hydrogen) atoms. The van der Waals surface area contributed by atoms with Gasteiger partial charge in [-0.2, -0.15) is 0 Å². The topological polar surface area (TPSA) is 153 Å². The van der Waals surface area contributed by atoms with Gasteiger partial charge in [0.15, 0.2) is 0 Å². The van der Waals surface area contributed by atoms with Crippen molar-refractivity contribution in [3.63, 3.8) is 0 Å². The van der Waals surface area contributed by atoms with E-state index in [1.165, 1.54) is 20.4 Å². The number of halogens is 3. The van der Waals surface area contributed by atoms with Crippen LogP contribution in [0.3, 0.4) is 0 Å². The molecule has 0 fully saturated rings. The molecular formula is C39H37F3N4O8. The first-order chi connectivity index (χ1) is 25.7. The molecule has 0 saturated carbocycles. The maximum absolute atomic E-state index is 14.3. The number of nitrogens with zero attached hydrogens (tertiary/aromatic N) is 2. The molecule has 12 nitrogen and oxygen atoms in total. The number of nitrogens with one attached hydrogen (secondary N) is 2. The summed E-state index contributed by atoms with van der Waals surface area (Å²) in [6.07, 6.45) is -3.01. The predicted octanol–water partition coefficient (Wildman–Crippen LogP) is 7.78. The number of ether oxygens (including phenoxy) is 3. The third-order valence-electron chi connectivity index (χ3n) is 8.74. The summed E-state index contributed by atoms with van der Waals surface area (Å²) < 4.78 is 55.0. The number of carbonyl (C=O) groups is 2. The number of fused-ring (bicyclic) bond motifs is 1. The summed E-state index contributed by atoms with van der Waals surface area (Å²) in [4.78, 5) is 53.8. The van der Waals surface area contributed by atoms with Crippen LogP contribution in [0.25, 0.3) is 10.8 Å². The number of nitro benzene ring substituents is 1. The lowest BCUT2D eigenvalue weighted by Gasteiger charge is -2.27. The number of likely N-dealkylation sites (N-methyl/N-ethyl adjacent to an activating group) is 1. The fourth-order valence-corrected chi connectivity index (χ4v) is 5.92. The van der Waals surface area contributed by atoms with Crippen LogP contribution in [-0.4, -0.2) is 47.2 Å². The summed E-state index contributed by atoms with van der Waals surface area (Å²) in [6.45, 7) is 1.59. The summed E-state index contributed by atoms with van der Waals surface area (Å²) in [5.41, 5.74) is 1.30. The third-order valence-corrected chi connectivity index (χ3v) is 8.74. The standard InChI is InChI=1S/C39H37F3N4O8/c1-24(9-16-35(47)53-23-25-7-5-4-6-8-25)31-14-11-27(20-34(31)52-3)36(44-29-12-10-26-17-18-43-37(48)32(26)21-29)38(49)45(2)22-28-19-30(46(50)51)13-15-33(28)54-39(40,41)42/h4-8,10-15,17-21,24,36,44H,9,16,22-23H2,1-3H3,(H,43,48)/t24-,36?/m0/s1. The molecule has 0 aliphatic carbocycles. The Hall–Kier alpha value is -6.38. The summed E-state index contributed by atoms with van der Waals surface area (Å²) in [7, 11) is 2.79. The second-order valence-electron chi connectivity index (χ2n) is 12.6. The molecule has 2 N–H and O–H groups in total. The van der Waals surface area contributed by atoms with Gasteiger partial charge in [-0.25, -0.2) is 0 Å². The zero-order valence-corrected chi connectivity index (χ0v) is 29.5. The first-order valence-electron chi connectivity index (χ1n) is 16.8. The highest BCUT2D eigenvalue weighted by Crippen LogP contribution is 2.35. The van der Waals surface area contributed by atoms with Crippen LogP contribution in [0.1, 0.15) is 54.0 Å². The monoisotopic (exact) mass is 746 g/mol. The average molecular weight is 747 g/mol. The van der Waals surface area contributed by atoms with Gasteiger partial charge in [0, 0.05) is 55.0 Å². The van der Waals surface area contributed by atoms with Gasteiger partial charge >= 0.3 is 12.3 Å². The number of hydrogen-bond acceptors (Lipinski definition) is 9. The van der Waals surface area contributed by atoms with Crippen molar-refractivity contribution in [2.45, 2.75) is 51.2 Å². The molecule has 0 bridgehead atoms. The van der Waals surface area contributed by atoms with Crippen molar-refractivity contribution < 1.29 is 41.9 Å². The van der Waals surface area contributed by atoms with Crippen LogP contribution in [-0.2, 0) is 27.5 Å². The molecule has 0 spiro atoms. The molecular weight excluding hydrogens is 709 g/mol. The van der Waals surface area contributed by atoms with E-state index in [1.54, 1.807) is 42.5 Å². The number of H-pyrrole nitrogens is 1. The van der Waals surface area contributed by atoms with E-state index >= 15 is 0 Å². The molecule has 0 radical (unpaired) electrons. The van der Waals surface area contributed by atoms with Crippen molar-refractivity contribution in [2.75, 3.05) is 19.5 Å². The molecule has 5 rings (SSSR count). The van der Waals surface area contributed by atoms with Gasteiger partial charge in [0.1, 0.15) is 24.1 Å². The maximum atomic E-state index is 14.3. The van der Waals surface area contributed by atoms with Crippen molar-refractivity contribution in [1.82, 2.24) is 9.88 Å². The van der Waals surface area contributed by atoms with Crippen molar-refractivity contribution in [1.29, 1.82) is 0 Å². The number of alkyl halides is 3. The fraction of sp³-hybridized carbons (Fsp3) is 0.256. The van der Waals surface area contributed by atoms with E-state index in [4.69, 9.17) is 9.47 Å². The van der Waals surface area contributed by atoms with Gasteiger partial charge in [-0.05, 0) is 64.7 Å². The first kappa shape index (κ1) is 38.8. The minimum atomic E-state index is -5.09. The number of anilines is 1. The molecule has 4 aromatic carbocycles. The molecule has 0 aliphatic rings. The molecule has 282 valence electrons. The smallest absolute Gasteiger partial charge is 0.496 e. The third kappa shape index (κ3) is 9.93. The quantitative estimate of drug-likeness (QED) is 0.0621. The molecule has 1 aromatic heterocycles. The van der Waals surface area contributed by atoms with E-state index in [1.807, 2.05) is 37.3 Å². The van der Waals surface area contributed by atoms with Crippen LogP contribution in [0.5, 0.6) is 11.5 Å². The minimum Gasteiger partial charge on any atom is -0.496 e. The molecule has 1 amide bonds. The highest BCUT2D eigenvalue weighted by atomic mass is 19.4. The van der Waals surface area contributed by atoms with Gasteiger partial charge in [-0.3, -0.25) is 24.5 Å². The Balaban J connectivity index is 1.43. The number of esters is 1. The lowest BCUT2D eigenvalue weighted by molar-refractivity contribution is -0.385. The largest absolute Gasteiger partial charge is 0.573 e. The zero-order chi connectivity index (χ0) is 39.0. The number of pyridine rings is 1. The van der Waals surface area contributed by atoms with E-state index < -0.39 is 41.2 Å². The van der Waals surface area contributed by atoms with E-state index in [0.717, 1.165) is 34.2 Å². The second-order valence-corrected chi connectivity index (χ2v) is 12.6. The number of aromatic amines is 1. The number of carbonyl (C=O) groups excluding carboxylic acids is 2. The highest BCUT2D eigenvalue weighted by Gasteiger charge is 2.33. The Labute approximate surface area is 307 Å². The molecule has 0 saturated heterocycles. The Morgan fingerprint density at radius 1 is 0.981 bits per heavy atom. The maximum Gasteiger partial charge on any atom is 0.573 e. The van der Waals surface area contributed by atoms with Gasteiger partial charge in [-0.1, -0.05) is 55.5 Å². The van der Waals surface area contributed by atoms with Crippen molar-refractivity contribution >= 4 is 34.0 Å². The fourth-order valence-electron chi connectivity index (χ4n) is 5.92. The number of amides is 1. The van der Waals surface area contributed by atoms with Crippen molar-refractivity contribution in [3.8, 4) is 11.5 Å². The van der Waals surface area contributed by atoms with Gasteiger partial charge in [-0.15, -0.1) is 13.2 Å². The van der Waals surface area contributed by atoms with Gasteiger partial charge in [0.05, 0.1) is 12.0 Å². The van der Waals surface area contributed by atoms with E-state index in [2.05, 4.69) is 15.0 Å². The van der Waals surface area contributed by atoms with E-state index in [9.17, 15) is 37.7 Å². The van der Waals surface area contributed by atoms with Crippen LogP contribution in [0.15, 0.2) is 102 Å². The Kier molecular flexibility index (Phi) is 12.2. The number of rotatable bonds is 15. The minimum absolute atomic E-state index is 0.144. The van der Waals surface area contributed by atoms with E-state index in [-0.39, 0.29) is 36.0 Å². The van der Waals surface area contributed by atoms with Gasteiger partial charge in [0.2, 0.25) is 5.91 Å².